The number of nitroso groups, excluding NO2 is 1. The van der Waals surface area contributed by atoms with Crippen molar-refractivity contribution in [3.05, 3.63) is 4.91 Å². The first-order chi connectivity index (χ1) is 8.54. The lowest BCUT2D eigenvalue weighted by Gasteiger charge is -2.63. The Morgan fingerprint density at radius 3 is 2.67 bits per heavy atom. The van der Waals surface area contributed by atoms with E-state index in [1.165, 1.54) is 0 Å². The van der Waals surface area contributed by atoms with Crippen molar-refractivity contribution in [2.24, 2.45) is 5.18 Å². The van der Waals surface area contributed by atoms with Gasteiger partial charge in [0.2, 0.25) is 5.91 Å². The molecule has 100 valence electrons. The summed E-state index contributed by atoms with van der Waals surface area (Å²) in [5, 5.41) is 2.91. The molecule has 0 aromatic heterocycles. The number of rotatable bonds is 3. The standard InChI is InChI=1S/C12H18N2O4/c1-4-12(3)11-8(14(12)6(2)15)10-9(18-10)7(17-11)5-13-16/h7-11H,4-5H2,1-3H3. The topological polar surface area (TPSA) is 71.5 Å². The maximum Gasteiger partial charge on any atom is 0.220 e. The van der Waals surface area contributed by atoms with Crippen molar-refractivity contribution < 1.29 is 14.3 Å². The Balaban J connectivity index is 1.84. The van der Waals surface area contributed by atoms with Crippen molar-refractivity contribution in [2.75, 3.05) is 6.54 Å². The van der Waals surface area contributed by atoms with Crippen molar-refractivity contribution in [1.29, 1.82) is 0 Å². The molecule has 18 heavy (non-hydrogen) atoms. The van der Waals surface area contributed by atoms with Crippen LogP contribution in [0.4, 0.5) is 0 Å². The summed E-state index contributed by atoms with van der Waals surface area (Å²) >= 11 is 0. The lowest BCUT2D eigenvalue weighted by Crippen LogP contribution is -2.80. The van der Waals surface area contributed by atoms with E-state index < -0.39 is 0 Å². The maximum atomic E-state index is 11.8. The van der Waals surface area contributed by atoms with E-state index in [1.54, 1.807) is 6.92 Å². The van der Waals surface area contributed by atoms with Crippen LogP contribution in [0.1, 0.15) is 27.2 Å². The molecule has 0 aromatic carbocycles. The Bertz CT molecular complexity index is 402. The normalized spacial score (nSPS) is 48.8. The first-order valence-corrected chi connectivity index (χ1v) is 6.44. The number of epoxide rings is 1. The third-order valence-corrected chi connectivity index (χ3v) is 4.67. The first-order valence-electron chi connectivity index (χ1n) is 6.44. The van der Waals surface area contributed by atoms with Crippen molar-refractivity contribution in [2.45, 2.75) is 63.2 Å². The quantitative estimate of drug-likeness (QED) is 0.548. The van der Waals surface area contributed by atoms with Gasteiger partial charge in [0.15, 0.2) is 0 Å². The van der Waals surface area contributed by atoms with Gasteiger partial charge in [0.1, 0.15) is 31.0 Å². The van der Waals surface area contributed by atoms with Crippen LogP contribution in [-0.4, -0.2) is 53.3 Å². The van der Waals surface area contributed by atoms with E-state index in [-0.39, 0.29) is 48.4 Å². The highest BCUT2D eigenvalue weighted by Crippen LogP contribution is 2.53. The zero-order valence-electron chi connectivity index (χ0n) is 10.8. The smallest absolute Gasteiger partial charge is 0.220 e. The molecule has 0 spiro atoms. The van der Waals surface area contributed by atoms with E-state index >= 15 is 0 Å². The van der Waals surface area contributed by atoms with E-state index in [2.05, 4.69) is 5.18 Å². The summed E-state index contributed by atoms with van der Waals surface area (Å²) in [6, 6.07) is 0.0142. The molecule has 3 heterocycles. The molecule has 6 heteroatoms. The molecule has 3 aliphatic heterocycles. The zero-order chi connectivity index (χ0) is 13.1. The lowest BCUT2D eigenvalue weighted by atomic mass is 9.71. The van der Waals surface area contributed by atoms with E-state index in [1.807, 2.05) is 18.7 Å². The van der Waals surface area contributed by atoms with Crippen LogP contribution in [0, 0.1) is 4.91 Å². The number of hydrogen-bond acceptors (Lipinski definition) is 5. The average molecular weight is 254 g/mol. The van der Waals surface area contributed by atoms with Crippen molar-refractivity contribution in [1.82, 2.24) is 4.90 Å². The molecular weight excluding hydrogens is 236 g/mol. The molecule has 6 unspecified atom stereocenters. The fourth-order valence-electron chi connectivity index (χ4n) is 3.58. The minimum Gasteiger partial charge on any atom is -0.365 e. The van der Waals surface area contributed by atoms with Crippen LogP contribution in [0.15, 0.2) is 5.18 Å². The third-order valence-electron chi connectivity index (χ3n) is 4.67. The van der Waals surface area contributed by atoms with E-state index in [9.17, 15) is 9.70 Å². The van der Waals surface area contributed by atoms with Gasteiger partial charge in [-0.15, -0.1) is 0 Å². The number of nitrogens with zero attached hydrogens (tertiary/aromatic N) is 2. The molecule has 3 fully saturated rings. The molecule has 6 atom stereocenters. The molecule has 6 nitrogen and oxygen atoms in total. The molecule has 3 rings (SSSR count). The SMILES string of the molecule is CCC1(C)C2OC(CN=O)C3OC3C2N1C(C)=O. The molecule has 0 saturated carbocycles. The minimum atomic E-state index is -0.283. The Morgan fingerprint density at radius 1 is 1.39 bits per heavy atom. The molecule has 0 aromatic rings. The molecule has 0 bridgehead atoms. The number of carbonyl (C=O) groups is 1. The van der Waals surface area contributed by atoms with Gasteiger partial charge in [-0.25, -0.2) is 0 Å². The van der Waals surface area contributed by atoms with Gasteiger partial charge >= 0.3 is 0 Å². The van der Waals surface area contributed by atoms with Crippen LogP contribution >= 0.6 is 0 Å². The second kappa shape index (κ2) is 3.74. The van der Waals surface area contributed by atoms with Crippen molar-refractivity contribution >= 4 is 5.91 Å². The molecule has 3 saturated heterocycles. The highest BCUT2D eigenvalue weighted by Gasteiger charge is 2.71. The number of carbonyl (C=O) groups excluding carboxylic acids is 1. The molecule has 0 radical (unpaired) electrons. The maximum absolute atomic E-state index is 11.8. The fraction of sp³-hybridized carbons (Fsp3) is 0.917. The molecule has 1 amide bonds. The fourth-order valence-corrected chi connectivity index (χ4v) is 3.58. The van der Waals surface area contributed by atoms with Gasteiger partial charge in [0, 0.05) is 6.92 Å². The number of fused-ring (bicyclic) bond motifs is 3. The summed E-state index contributed by atoms with van der Waals surface area (Å²) in [6.45, 7) is 5.79. The Labute approximate surface area is 106 Å². The van der Waals surface area contributed by atoms with Crippen LogP contribution in [-0.2, 0) is 14.3 Å². The van der Waals surface area contributed by atoms with Gasteiger partial charge in [-0.3, -0.25) is 4.79 Å². The monoisotopic (exact) mass is 254 g/mol. The number of amides is 1. The van der Waals surface area contributed by atoms with Gasteiger partial charge in [0.05, 0.1) is 11.6 Å². The molecule has 0 N–H and O–H groups in total. The van der Waals surface area contributed by atoms with Gasteiger partial charge in [-0.1, -0.05) is 12.1 Å². The van der Waals surface area contributed by atoms with Gasteiger partial charge in [-0.05, 0) is 13.3 Å². The molecule has 3 aliphatic rings. The predicted molar refractivity (Wildman–Crippen MR) is 63.0 cm³/mol. The van der Waals surface area contributed by atoms with E-state index in [0.29, 0.717) is 0 Å². The van der Waals surface area contributed by atoms with Crippen LogP contribution < -0.4 is 0 Å². The second-order valence-electron chi connectivity index (χ2n) is 5.56. The lowest BCUT2D eigenvalue weighted by molar-refractivity contribution is -0.231. The third kappa shape index (κ3) is 1.33. The number of hydrogen-bond donors (Lipinski definition) is 0. The predicted octanol–water partition coefficient (Wildman–Crippen LogP) is 0.687. The first kappa shape index (κ1) is 12.0. The zero-order valence-corrected chi connectivity index (χ0v) is 10.8. The largest absolute Gasteiger partial charge is 0.365 e. The van der Waals surface area contributed by atoms with Crippen LogP contribution in [0.3, 0.4) is 0 Å². The minimum absolute atomic E-state index is 0.0142. The summed E-state index contributed by atoms with van der Waals surface area (Å²) in [5.74, 6) is 0.0606. The number of likely N-dealkylation sites (tertiary alicyclic amines) is 1. The van der Waals surface area contributed by atoms with Crippen LogP contribution in [0.2, 0.25) is 0 Å². The summed E-state index contributed by atoms with van der Waals surface area (Å²) in [4.78, 5) is 24.1. The molecule has 0 aliphatic carbocycles. The Hall–Kier alpha value is -1.01. The van der Waals surface area contributed by atoms with Gasteiger partial charge in [-0.2, -0.15) is 4.91 Å². The van der Waals surface area contributed by atoms with Crippen LogP contribution in [0.5, 0.6) is 0 Å². The average Bonchev–Trinajstić information content (AvgIpc) is 3.09. The van der Waals surface area contributed by atoms with E-state index in [4.69, 9.17) is 9.47 Å². The summed E-state index contributed by atoms with van der Waals surface area (Å²) in [5.41, 5.74) is -0.283. The summed E-state index contributed by atoms with van der Waals surface area (Å²) in [7, 11) is 0. The summed E-state index contributed by atoms with van der Waals surface area (Å²) in [6.07, 6.45) is 0.508. The Morgan fingerprint density at radius 2 is 2.11 bits per heavy atom. The highest BCUT2D eigenvalue weighted by atomic mass is 16.6. The van der Waals surface area contributed by atoms with Gasteiger partial charge in [0.25, 0.3) is 0 Å². The van der Waals surface area contributed by atoms with Crippen LogP contribution in [0.25, 0.3) is 0 Å². The second-order valence-corrected chi connectivity index (χ2v) is 5.56. The van der Waals surface area contributed by atoms with Gasteiger partial charge < -0.3 is 14.4 Å². The van der Waals surface area contributed by atoms with Crippen molar-refractivity contribution in [3.8, 4) is 0 Å². The Kier molecular flexibility index (Phi) is 2.50. The molecular formula is C12H18N2O4. The van der Waals surface area contributed by atoms with Crippen molar-refractivity contribution in [3.63, 3.8) is 0 Å². The number of ether oxygens (including phenoxy) is 2. The highest BCUT2D eigenvalue weighted by molar-refractivity contribution is 5.76. The van der Waals surface area contributed by atoms with E-state index in [0.717, 1.165) is 6.42 Å². The summed E-state index contributed by atoms with van der Waals surface area (Å²) < 4.78 is 11.5.